The first-order chi connectivity index (χ1) is 26.9. The first kappa shape index (κ1) is 33.2. The maximum absolute atomic E-state index is 2.73. The van der Waals surface area contributed by atoms with E-state index in [2.05, 4.69) is 230 Å². The van der Waals surface area contributed by atoms with Gasteiger partial charge in [0.05, 0.1) is 22.1 Å². The summed E-state index contributed by atoms with van der Waals surface area (Å²) in [5.41, 5.74) is 9.65. The molecule has 0 aliphatic carbocycles. The van der Waals surface area contributed by atoms with Crippen LogP contribution in [0.25, 0.3) is 66.1 Å². The van der Waals surface area contributed by atoms with Gasteiger partial charge in [0.15, 0.2) is 8.07 Å². The number of fused-ring (bicyclic) bond motifs is 6. The molecule has 264 valence electrons. The van der Waals surface area contributed by atoms with E-state index < -0.39 is 8.07 Å². The highest BCUT2D eigenvalue weighted by Crippen LogP contribution is 2.41. The van der Waals surface area contributed by atoms with Crippen molar-refractivity contribution in [3.05, 3.63) is 200 Å². The summed E-state index contributed by atoms with van der Waals surface area (Å²) >= 11 is 0. The minimum atomic E-state index is -2.73. The maximum atomic E-state index is 2.57. The number of para-hydroxylation sites is 3. The van der Waals surface area contributed by atoms with Gasteiger partial charge in [0, 0.05) is 32.9 Å². The highest BCUT2D eigenvalue weighted by atomic mass is 28.3. The molecule has 0 unspecified atom stereocenters. The lowest BCUT2D eigenvalue weighted by molar-refractivity contribution is 0.739. The second-order valence-corrected chi connectivity index (χ2v) is 20.5. The van der Waals surface area contributed by atoms with E-state index in [1.165, 1.54) is 70.3 Å². The molecule has 2 aromatic heterocycles. The smallest absolute Gasteiger partial charge is 0.156 e. The van der Waals surface area contributed by atoms with Crippen molar-refractivity contribution in [1.82, 2.24) is 9.13 Å². The molecule has 0 saturated carbocycles. The molecule has 0 spiro atoms. The highest BCUT2D eigenvalue weighted by molar-refractivity contribution is 7.14. The zero-order chi connectivity index (χ0) is 37.1. The van der Waals surface area contributed by atoms with E-state index >= 15 is 0 Å². The molecule has 2 nitrogen and oxygen atoms in total. The van der Waals surface area contributed by atoms with Gasteiger partial charge in [-0.1, -0.05) is 185 Å². The molecule has 55 heavy (non-hydrogen) atoms. The molecule has 0 saturated heterocycles. The van der Waals surface area contributed by atoms with Gasteiger partial charge in [0.2, 0.25) is 0 Å². The van der Waals surface area contributed by atoms with Gasteiger partial charge in [-0.2, -0.15) is 0 Å². The van der Waals surface area contributed by atoms with Crippen molar-refractivity contribution in [2.75, 3.05) is 0 Å². The molecule has 10 aromatic rings. The molecule has 0 radical (unpaired) electrons. The molecule has 2 heterocycles. The molecule has 0 amide bonds. The summed E-state index contributed by atoms with van der Waals surface area (Å²) < 4.78 is 5.03. The average molecular weight is 723 g/mol. The second kappa shape index (κ2) is 12.9. The molecule has 0 aliphatic heterocycles. The van der Waals surface area contributed by atoms with Crippen LogP contribution >= 0.6 is 0 Å². The molecular formula is C52H42N2Si. The fourth-order valence-electron chi connectivity index (χ4n) is 9.54. The second-order valence-electron chi connectivity index (χ2n) is 15.8. The zero-order valence-electron chi connectivity index (χ0n) is 31.4. The first-order valence-corrected chi connectivity index (χ1v) is 21.3. The van der Waals surface area contributed by atoms with Gasteiger partial charge >= 0.3 is 0 Å². The van der Waals surface area contributed by atoms with Gasteiger partial charge in [-0.15, -0.1) is 0 Å². The monoisotopic (exact) mass is 722 g/mol. The fraction of sp³-hybridized carbons (Fsp3) is 0.0769. The lowest BCUT2D eigenvalue weighted by atomic mass is 10.1. The molecule has 0 bridgehead atoms. The Bertz CT molecular complexity index is 2960. The first-order valence-electron chi connectivity index (χ1n) is 19.3. The summed E-state index contributed by atoms with van der Waals surface area (Å²) in [6.45, 7) is 7.37. The summed E-state index contributed by atoms with van der Waals surface area (Å²) in [4.78, 5) is 0. The van der Waals surface area contributed by atoms with Crippen LogP contribution in [0.4, 0.5) is 0 Å². The molecule has 10 rings (SSSR count). The zero-order valence-corrected chi connectivity index (χ0v) is 32.4. The summed E-state index contributed by atoms with van der Waals surface area (Å²) in [5, 5.41) is 9.28. The minimum Gasteiger partial charge on any atom is -0.309 e. The normalized spacial score (nSPS) is 12.3. The van der Waals surface area contributed by atoms with Crippen molar-refractivity contribution in [3.63, 3.8) is 0 Å². The number of rotatable bonds is 6. The predicted octanol–water partition coefficient (Wildman–Crippen LogP) is 11.8. The van der Waals surface area contributed by atoms with Gasteiger partial charge in [-0.25, -0.2) is 0 Å². The van der Waals surface area contributed by atoms with E-state index in [-0.39, 0.29) is 5.04 Å². The molecule has 8 aromatic carbocycles. The van der Waals surface area contributed by atoms with Crippen LogP contribution in [0.5, 0.6) is 0 Å². The maximum Gasteiger partial charge on any atom is 0.156 e. The van der Waals surface area contributed by atoms with Crippen LogP contribution < -0.4 is 15.6 Å². The number of benzene rings is 8. The van der Waals surface area contributed by atoms with Crippen molar-refractivity contribution < 1.29 is 0 Å². The number of hydrogen-bond acceptors (Lipinski definition) is 0. The predicted molar refractivity (Wildman–Crippen MR) is 238 cm³/mol. The van der Waals surface area contributed by atoms with Crippen LogP contribution in [-0.4, -0.2) is 17.2 Å². The van der Waals surface area contributed by atoms with Crippen LogP contribution in [0.1, 0.15) is 20.8 Å². The fourth-order valence-corrected chi connectivity index (χ4v) is 15.4. The topological polar surface area (TPSA) is 9.86 Å². The molecular weight excluding hydrogens is 681 g/mol. The van der Waals surface area contributed by atoms with Crippen molar-refractivity contribution in [2.45, 2.75) is 25.8 Å². The van der Waals surface area contributed by atoms with Crippen LogP contribution in [0.3, 0.4) is 0 Å². The SMILES string of the molecule is CC(C)(C)[Si](c1ccccc1)(c1ccccc1)c1cccc2c3ccccc3n(-c3ccc4c5ccccc5n(-c5cccc(-c6ccccc6)c5)c4c3)c12. The Labute approximate surface area is 323 Å². The number of aromatic nitrogens is 2. The van der Waals surface area contributed by atoms with Crippen LogP contribution in [0.15, 0.2) is 200 Å². The van der Waals surface area contributed by atoms with E-state index in [9.17, 15) is 0 Å². The van der Waals surface area contributed by atoms with Crippen LogP contribution in [0.2, 0.25) is 5.04 Å². The number of nitrogens with zero attached hydrogens (tertiary/aromatic N) is 2. The Morgan fingerprint density at radius 1 is 0.364 bits per heavy atom. The highest BCUT2D eigenvalue weighted by Gasteiger charge is 2.50. The molecule has 0 N–H and O–H groups in total. The van der Waals surface area contributed by atoms with Crippen molar-refractivity contribution in [3.8, 4) is 22.5 Å². The van der Waals surface area contributed by atoms with Gasteiger partial charge in [0.1, 0.15) is 0 Å². The van der Waals surface area contributed by atoms with Crippen molar-refractivity contribution in [1.29, 1.82) is 0 Å². The van der Waals surface area contributed by atoms with Gasteiger partial charge < -0.3 is 9.13 Å². The Morgan fingerprint density at radius 3 is 1.51 bits per heavy atom. The summed E-state index contributed by atoms with van der Waals surface area (Å²) in [6.07, 6.45) is 0. The third kappa shape index (κ3) is 5.07. The lowest BCUT2D eigenvalue weighted by Gasteiger charge is -2.45. The van der Waals surface area contributed by atoms with E-state index in [0.717, 1.165) is 11.4 Å². The molecule has 0 fully saturated rings. The van der Waals surface area contributed by atoms with Crippen LogP contribution in [0, 0.1) is 0 Å². The third-order valence-electron chi connectivity index (χ3n) is 11.8. The lowest BCUT2D eigenvalue weighted by Crippen LogP contribution is -2.72. The Morgan fingerprint density at radius 2 is 0.855 bits per heavy atom. The summed E-state index contributed by atoms with van der Waals surface area (Å²) in [5.74, 6) is 0. The Kier molecular flexibility index (Phi) is 7.76. The minimum absolute atomic E-state index is 0.0641. The summed E-state index contributed by atoms with van der Waals surface area (Å²) in [6, 6.07) is 74.3. The summed E-state index contributed by atoms with van der Waals surface area (Å²) in [7, 11) is -2.73. The number of hydrogen-bond donors (Lipinski definition) is 0. The molecule has 3 heteroatoms. The Hall–Kier alpha value is -6.42. The molecule has 0 aliphatic rings. The van der Waals surface area contributed by atoms with Crippen molar-refractivity contribution in [2.24, 2.45) is 0 Å². The third-order valence-corrected chi connectivity index (χ3v) is 17.6. The van der Waals surface area contributed by atoms with E-state index in [0.29, 0.717) is 0 Å². The van der Waals surface area contributed by atoms with Crippen LogP contribution in [-0.2, 0) is 0 Å². The standard InChI is InChI=1S/C52H42N2Si/c1-52(2,3)55(41-23-9-5-10-24-41,42-25-11-6-12-26-42)50-32-18-29-46-44-28-14-16-31-48(44)54(51(46)50)40-33-34-45-43-27-13-15-30-47(43)53(49(45)36-40)39-22-17-21-38(35-39)37-19-7-4-8-20-37/h4-36H,1-3H3. The van der Waals surface area contributed by atoms with Gasteiger partial charge in [-0.3, -0.25) is 0 Å². The van der Waals surface area contributed by atoms with E-state index in [4.69, 9.17) is 0 Å². The molecule has 0 atom stereocenters. The Balaban J connectivity index is 1.32. The van der Waals surface area contributed by atoms with Crippen molar-refractivity contribution >= 4 is 67.2 Å². The van der Waals surface area contributed by atoms with Gasteiger partial charge in [0.25, 0.3) is 0 Å². The quantitative estimate of drug-likeness (QED) is 0.119. The average Bonchev–Trinajstić information content (AvgIpc) is 3.75. The van der Waals surface area contributed by atoms with E-state index in [1.54, 1.807) is 0 Å². The largest absolute Gasteiger partial charge is 0.309 e. The van der Waals surface area contributed by atoms with Gasteiger partial charge in [-0.05, 0) is 68.1 Å². The van der Waals surface area contributed by atoms with E-state index in [1.807, 2.05) is 0 Å².